The summed E-state index contributed by atoms with van der Waals surface area (Å²) in [5, 5.41) is 4.54. The highest BCUT2D eigenvalue weighted by molar-refractivity contribution is 5.77. The van der Waals surface area contributed by atoms with Gasteiger partial charge in [0.15, 0.2) is 0 Å². The molecule has 1 aromatic carbocycles. The third-order valence-electron chi connectivity index (χ3n) is 2.83. The van der Waals surface area contributed by atoms with E-state index in [0.717, 1.165) is 23.3 Å². The van der Waals surface area contributed by atoms with Crippen LogP contribution in [0.25, 0.3) is 11.0 Å². The first-order valence-electron chi connectivity index (χ1n) is 6.54. The molecule has 0 aliphatic heterocycles. The lowest BCUT2D eigenvalue weighted by Crippen LogP contribution is -2.26. The maximum atomic E-state index is 5.87. The van der Waals surface area contributed by atoms with Gasteiger partial charge in [0.1, 0.15) is 11.3 Å². The van der Waals surface area contributed by atoms with Gasteiger partial charge in [0, 0.05) is 5.39 Å². The lowest BCUT2D eigenvalue weighted by atomic mass is 10.2. The van der Waals surface area contributed by atoms with E-state index in [1.165, 1.54) is 0 Å². The standard InChI is InChI=1S/C15H21NO2/c1-4-16-13(10-17-11(2)3)15-9-12-7-5-6-8-14(12)18-15/h5-9,11,13,16H,4,10H2,1-3H3. The molecule has 0 aliphatic rings. The molecule has 1 unspecified atom stereocenters. The number of ether oxygens (including phenoxy) is 1. The van der Waals surface area contributed by atoms with Crippen LogP contribution in [0.5, 0.6) is 0 Å². The van der Waals surface area contributed by atoms with Gasteiger partial charge in [-0.05, 0) is 32.5 Å². The maximum Gasteiger partial charge on any atom is 0.134 e. The first kappa shape index (κ1) is 13.1. The number of rotatable bonds is 6. The molecule has 18 heavy (non-hydrogen) atoms. The van der Waals surface area contributed by atoms with Crippen LogP contribution in [-0.2, 0) is 4.74 Å². The smallest absolute Gasteiger partial charge is 0.134 e. The van der Waals surface area contributed by atoms with E-state index in [0.29, 0.717) is 6.61 Å². The molecule has 0 saturated heterocycles. The fourth-order valence-electron chi connectivity index (χ4n) is 1.95. The first-order chi connectivity index (χ1) is 8.70. The van der Waals surface area contributed by atoms with Crippen molar-refractivity contribution in [3.63, 3.8) is 0 Å². The second-order valence-electron chi connectivity index (χ2n) is 4.68. The Bertz CT molecular complexity index is 457. The number of nitrogens with one attached hydrogen (secondary N) is 1. The van der Waals surface area contributed by atoms with Crippen LogP contribution in [0.3, 0.4) is 0 Å². The topological polar surface area (TPSA) is 34.4 Å². The molecular weight excluding hydrogens is 226 g/mol. The first-order valence-corrected chi connectivity index (χ1v) is 6.54. The molecule has 1 heterocycles. The summed E-state index contributed by atoms with van der Waals surface area (Å²) in [6.07, 6.45) is 0.232. The van der Waals surface area contributed by atoms with Gasteiger partial charge < -0.3 is 14.5 Å². The van der Waals surface area contributed by atoms with Gasteiger partial charge >= 0.3 is 0 Å². The minimum absolute atomic E-state index is 0.116. The third-order valence-corrected chi connectivity index (χ3v) is 2.83. The normalized spacial score (nSPS) is 13.3. The molecule has 1 atom stereocenters. The molecule has 0 saturated carbocycles. The van der Waals surface area contributed by atoms with Gasteiger partial charge in [0.25, 0.3) is 0 Å². The summed E-state index contributed by atoms with van der Waals surface area (Å²) in [5.41, 5.74) is 0.931. The summed E-state index contributed by atoms with van der Waals surface area (Å²) in [5.74, 6) is 0.943. The Hall–Kier alpha value is -1.32. The zero-order chi connectivity index (χ0) is 13.0. The van der Waals surface area contributed by atoms with E-state index in [2.05, 4.69) is 24.4 Å². The monoisotopic (exact) mass is 247 g/mol. The van der Waals surface area contributed by atoms with Gasteiger partial charge in [-0.3, -0.25) is 0 Å². The highest BCUT2D eigenvalue weighted by Gasteiger charge is 2.16. The van der Waals surface area contributed by atoms with Crippen LogP contribution in [0.1, 0.15) is 32.6 Å². The number of para-hydroxylation sites is 1. The Kier molecular flexibility index (Phi) is 4.39. The molecule has 1 aromatic heterocycles. The van der Waals surface area contributed by atoms with Crippen molar-refractivity contribution >= 4 is 11.0 Å². The largest absolute Gasteiger partial charge is 0.459 e. The van der Waals surface area contributed by atoms with Crippen molar-refractivity contribution in [1.82, 2.24) is 5.32 Å². The molecule has 0 radical (unpaired) electrons. The molecule has 0 bridgehead atoms. The predicted octanol–water partition coefficient (Wildman–Crippen LogP) is 3.51. The quantitative estimate of drug-likeness (QED) is 0.848. The van der Waals surface area contributed by atoms with Crippen LogP contribution in [0, 0.1) is 0 Å². The fraction of sp³-hybridized carbons (Fsp3) is 0.467. The van der Waals surface area contributed by atoms with Crippen molar-refractivity contribution in [1.29, 1.82) is 0 Å². The van der Waals surface area contributed by atoms with Gasteiger partial charge in [-0.1, -0.05) is 25.1 Å². The fourth-order valence-corrected chi connectivity index (χ4v) is 1.95. The molecular formula is C15H21NO2. The molecule has 2 rings (SSSR count). The van der Waals surface area contributed by atoms with Crippen LogP contribution in [0.15, 0.2) is 34.7 Å². The highest BCUT2D eigenvalue weighted by Crippen LogP contribution is 2.24. The number of benzene rings is 1. The van der Waals surface area contributed by atoms with Crippen LogP contribution in [0.2, 0.25) is 0 Å². The van der Waals surface area contributed by atoms with Crippen molar-refractivity contribution in [3.05, 3.63) is 36.1 Å². The van der Waals surface area contributed by atoms with Crippen molar-refractivity contribution in [2.75, 3.05) is 13.2 Å². The second kappa shape index (κ2) is 6.03. The average Bonchev–Trinajstić information content (AvgIpc) is 2.77. The zero-order valence-corrected chi connectivity index (χ0v) is 11.3. The van der Waals surface area contributed by atoms with E-state index in [1.54, 1.807) is 0 Å². The zero-order valence-electron chi connectivity index (χ0n) is 11.3. The van der Waals surface area contributed by atoms with Gasteiger partial charge in [-0.15, -0.1) is 0 Å². The Balaban J connectivity index is 2.18. The van der Waals surface area contributed by atoms with E-state index >= 15 is 0 Å². The lowest BCUT2D eigenvalue weighted by molar-refractivity contribution is 0.0575. The molecule has 2 aromatic rings. The van der Waals surface area contributed by atoms with E-state index < -0.39 is 0 Å². The number of likely N-dealkylation sites (N-methyl/N-ethyl adjacent to an activating group) is 1. The van der Waals surface area contributed by atoms with Gasteiger partial charge in [0.2, 0.25) is 0 Å². The molecule has 1 N–H and O–H groups in total. The minimum atomic E-state index is 0.116. The molecule has 98 valence electrons. The summed E-state index contributed by atoms with van der Waals surface area (Å²) >= 11 is 0. The van der Waals surface area contributed by atoms with Crippen molar-refractivity contribution < 1.29 is 9.15 Å². The van der Waals surface area contributed by atoms with Gasteiger partial charge in [-0.2, -0.15) is 0 Å². The third kappa shape index (κ3) is 3.12. The summed E-state index contributed by atoms with van der Waals surface area (Å²) in [7, 11) is 0. The molecule has 0 amide bonds. The molecule has 3 heteroatoms. The average molecular weight is 247 g/mol. The lowest BCUT2D eigenvalue weighted by Gasteiger charge is -2.17. The second-order valence-corrected chi connectivity index (χ2v) is 4.68. The SMILES string of the molecule is CCNC(COC(C)C)c1cc2ccccc2o1. The Morgan fingerprint density at radius 1 is 1.28 bits per heavy atom. The van der Waals surface area contributed by atoms with Crippen LogP contribution < -0.4 is 5.32 Å². The van der Waals surface area contributed by atoms with Crippen molar-refractivity contribution in [2.45, 2.75) is 32.9 Å². The number of fused-ring (bicyclic) bond motifs is 1. The van der Waals surface area contributed by atoms with E-state index in [-0.39, 0.29) is 12.1 Å². The maximum absolute atomic E-state index is 5.87. The van der Waals surface area contributed by atoms with E-state index in [9.17, 15) is 0 Å². The molecule has 3 nitrogen and oxygen atoms in total. The molecule has 0 spiro atoms. The highest BCUT2D eigenvalue weighted by atomic mass is 16.5. The number of hydrogen-bond acceptors (Lipinski definition) is 3. The summed E-state index contributed by atoms with van der Waals surface area (Å²) in [6.45, 7) is 7.70. The Morgan fingerprint density at radius 2 is 2.06 bits per heavy atom. The molecule has 0 fully saturated rings. The summed E-state index contributed by atoms with van der Waals surface area (Å²) in [6, 6.07) is 10.3. The predicted molar refractivity (Wildman–Crippen MR) is 73.7 cm³/mol. The van der Waals surface area contributed by atoms with E-state index in [1.807, 2.05) is 32.0 Å². The van der Waals surface area contributed by atoms with E-state index in [4.69, 9.17) is 9.15 Å². The minimum Gasteiger partial charge on any atom is -0.459 e. The summed E-state index contributed by atoms with van der Waals surface area (Å²) in [4.78, 5) is 0. The Labute approximate surface area is 108 Å². The van der Waals surface area contributed by atoms with Gasteiger partial charge in [-0.25, -0.2) is 0 Å². The van der Waals surface area contributed by atoms with Crippen molar-refractivity contribution in [3.8, 4) is 0 Å². The Morgan fingerprint density at radius 3 is 2.72 bits per heavy atom. The molecule has 0 aliphatic carbocycles. The summed E-state index contributed by atoms with van der Waals surface area (Å²) < 4.78 is 11.6. The van der Waals surface area contributed by atoms with Crippen LogP contribution in [0.4, 0.5) is 0 Å². The van der Waals surface area contributed by atoms with Gasteiger partial charge in [0.05, 0.1) is 18.8 Å². The number of furan rings is 1. The van der Waals surface area contributed by atoms with Crippen molar-refractivity contribution in [2.24, 2.45) is 0 Å². The van der Waals surface area contributed by atoms with Crippen LogP contribution in [-0.4, -0.2) is 19.3 Å². The van der Waals surface area contributed by atoms with Crippen LogP contribution >= 0.6 is 0 Å². The number of hydrogen-bond donors (Lipinski definition) is 1.